The van der Waals surface area contributed by atoms with Crippen LogP contribution in [0.5, 0.6) is 11.5 Å². The fourth-order valence-electron chi connectivity index (χ4n) is 3.76. The number of rotatable bonds is 8. The van der Waals surface area contributed by atoms with E-state index in [1.165, 1.54) is 11.3 Å². The Morgan fingerprint density at radius 1 is 1.00 bits per heavy atom. The average molecular weight is 497 g/mol. The zero-order valence-corrected chi connectivity index (χ0v) is 20.2. The van der Waals surface area contributed by atoms with Gasteiger partial charge < -0.3 is 24.4 Å². The van der Waals surface area contributed by atoms with Gasteiger partial charge in [-0.25, -0.2) is 0 Å². The van der Waals surface area contributed by atoms with E-state index in [9.17, 15) is 0 Å². The van der Waals surface area contributed by atoms with Crippen LogP contribution in [0.4, 0.5) is 11.4 Å². The maximum absolute atomic E-state index is 6.05. The summed E-state index contributed by atoms with van der Waals surface area (Å²) in [6, 6.07) is 20.9. The van der Waals surface area contributed by atoms with Gasteiger partial charge in [0.15, 0.2) is 11.5 Å². The molecule has 0 aromatic heterocycles. The molecule has 0 unspecified atom stereocenters. The van der Waals surface area contributed by atoms with Crippen molar-refractivity contribution in [3.05, 3.63) is 81.8 Å². The highest BCUT2D eigenvalue weighted by Gasteiger charge is 2.12. The molecule has 32 heavy (non-hydrogen) atoms. The predicted molar refractivity (Wildman–Crippen MR) is 133 cm³/mol. The molecule has 1 aliphatic heterocycles. The Hall–Kier alpha value is -2.70. The van der Waals surface area contributed by atoms with Crippen molar-refractivity contribution in [1.82, 2.24) is 0 Å². The third-order valence-electron chi connectivity index (χ3n) is 5.54. The van der Waals surface area contributed by atoms with Gasteiger partial charge in [0.2, 0.25) is 0 Å². The molecule has 1 N–H and O–H groups in total. The summed E-state index contributed by atoms with van der Waals surface area (Å²) in [6.45, 7) is 6.72. The van der Waals surface area contributed by atoms with E-state index < -0.39 is 0 Å². The van der Waals surface area contributed by atoms with Gasteiger partial charge in [-0.15, -0.1) is 0 Å². The second-order valence-electron chi connectivity index (χ2n) is 7.87. The number of benzene rings is 3. The van der Waals surface area contributed by atoms with E-state index in [1.54, 1.807) is 7.11 Å². The van der Waals surface area contributed by atoms with E-state index in [0.29, 0.717) is 13.2 Å². The number of morpholine rings is 1. The number of aryl methyl sites for hydroxylation is 1. The Morgan fingerprint density at radius 2 is 1.78 bits per heavy atom. The molecule has 1 fully saturated rings. The highest BCUT2D eigenvalue weighted by Crippen LogP contribution is 2.34. The first-order valence-electron chi connectivity index (χ1n) is 10.8. The highest BCUT2D eigenvalue weighted by atomic mass is 79.9. The molecule has 0 saturated carbocycles. The zero-order chi connectivity index (χ0) is 22.3. The second-order valence-corrected chi connectivity index (χ2v) is 8.73. The normalized spacial score (nSPS) is 13.7. The van der Waals surface area contributed by atoms with Crippen molar-refractivity contribution in [2.75, 3.05) is 43.6 Å². The molecule has 0 radical (unpaired) electrons. The van der Waals surface area contributed by atoms with Gasteiger partial charge >= 0.3 is 0 Å². The molecule has 6 heteroatoms. The van der Waals surface area contributed by atoms with Gasteiger partial charge in [0, 0.05) is 35.5 Å². The van der Waals surface area contributed by atoms with Gasteiger partial charge in [0.05, 0.1) is 20.3 Å². The van der Waals surface area contributed by atoms with E-state index >= 15 is 0 Å². The lowest BCUT2D eigenvalue weighted by atomic mass is 10.1. The fraction of sp³-hybridized carbons (Fsp3) is 0.308. The van der Waals surface area contributed by atoms with Crippen molar-refractivity contribution in [3.8, 4) is 11.5 Å². The smallest absolute Gasteiger partial charge is 0.162 e. The van der Waals surface area contributed by atoms with Gasteiger partial charge in [-0.3, -0.25) is 0 Å². The molecule has 1 saturated heterocycles. The number of halogens is 1. The Labute approximate surface area is 198 Å². The van der Waals surface area contributed by atoms with E-state index in [4.69, 9.17) is 14.2 Å². The van der Waals surface area contributed by atoms with Crippen molar-refractivity contribution in [3.63, 3.8) is 0 Å². The van der Waals surface area contributed by atoms with Crippen LogP contribution < -0.4 is 19.7 Å². The Bertz CT molecular complexity index is 1030. The van der Waals surface area contributed by atoms with Crippen LogP contribution in [0.3, 0.4) is 0 Å². The van der Waals surface area contributed by atoms with E-state index in [-0.39, 0.29) is 0 Å². The Balaban J connectivity index is 1.39. The SMILES string of the molecule is COc1cc(CNc2ccc(N3CCOCC3)cc2)c(Br)cc1OCc1cccc(C)c1. The minimum Gasteiger partial charge on any atom is -0.493 e. The molecular formula is C26H29BrN2O3. The molecule has 3 aromatic carbocycles. The summed E-state index contributed by atoms with van der Waals surface area (Å²) in [4.78, 5) is 2.35. The first kappa shape index (κ1) is 22.5. The molecule has 4 rings (SSSR count). The van der Waals surface area contributed by atoms with Crippen LogP contribution in [-0.2, 0) is 17.9 Å². The van der Waals surface area contributed by atoms with Crippen LogP contribution in [0.2, 0.25) is 0 Å². The second kappa shape index (κ2) is 10.7. The van der Waals surface area contributed by atoms with E-state index in [2.05, 4.69) is 75.5 Å². The van der Waals surface area contributed by atoms with Crippen molar-refractivity contribution >= 4 is 27.3 Å². The maximum atomic E-state index is 6.05. The Kier molecular flexibility index (Phi) is 7.55. The molecule has 0 aliphatic carbocycles. The molecule has 0 bridgehead atoms. The number of nitrogens with one attached hydrogen (secondary N) is 1. The van der Waals surface area contributed by atoms with Crippen molar-refractivity contribution < 1.29 is 14.2 Å². The molecule has 5 nitrogen and oxygen atoms in total. The van der Waals surface area contributed by atoms with Gasteiger partial charge in [-0.1, -0.05) is 45.8 Å². The highest BCUT2D eigenvalue weighted by molar-refractivity contribution is 9.10. The zero-order valence-electron chi connectivity index (χ0n) is 18.6. The van der Waals surface area contributed by atoms with Crippen LogP contribution in [0.1, 0.15) is 16.7 Å². The molecule has 3 aromatic rings. The van der Waals surface area contributed by atoms with Crippen molar-refractivity contribution in [2.45, 2.75) is 20.1 Å². The first-order valence-corrected chi connectivity index (χ1v) is 11.6. The summed E-state index contributed by atoms with van der Waals surface area (Å²) in [5.74, 6) is 1.44. The van der Waals surface area contributed by atoms with Gasteiger partial charge in [0.25, 0.3) is 0 Å². The van der Waals surface area contributed by atoms with Crippen LogP contribution >= 0.6 is 15.9 Å². The fourth-order valence-corrected chi connectivity index (χ4v) is 4.22. The summed E-state index contributed by atoms with van der Waals surface area (Å²) in [6.07, 6.45) is 0. The monoisotopic (exact) mass is 496 g/mol. The number of nitrogens with zero attached hydrogens (tertiary/aromatic N) is 1. The minimum absolute atomic E-state index is 0.498. The molecule has 1 aliphatic rings. The quantitative estimate of drug-likeness (QED) is 0.427. The Morgan fingerprint density at radius 3 is 2.50 bits per heavy atom. The molecular weight excluding hydrogens is 468 g/mol. The van der Waals surface area contributed by atoms with Crippen LogP contribution in [0.15, 0.2) is 65.1 Å². The summed E-state index contributed by atoms with van der Waals surface area (Å²) in [7, 11) is 1.67. The standard InChI is InChI=1S/C26H29BrN2O3/c1-19-4-3-5-20(14-19)18-32-26-16-24(27)21(15-25(26)30-2)17-28-22-6-8-23(9-7-22)29-10-12-31-13-11-29/h3-9,14-16,28H,10-13,17-18H2,1-2H3. The van der Waals surface area contributed by atoms with Gasteiger partial charge in [-0.05, 0) is 54.4 Å². The molecule has 1 heterocycles. The number of methoxy groups -OCH3 is 1. The molecule has 168 valence electrons. The van der Waals surface area contributed by atoms with Gasteiger partial charge in [-0.2, -0.15) is 0 Å². The summed E-state index contributed by atoms with van der Waals surface area (Å²) in [5, 5.41) is 3.50. The van der Waals surface area contributed by atoms with Crippen LogP contribution in [-0.4, -0.2) is 33.4 Å². The largest absolute Gasteiger partial charge is 0.493 e. The van der Waals surface area contributed by atoms with Gasteiger partial charge in [0.1, 0.15) is 6.61 Å². The number of ether oxygens (including phenoxy) is 3. The number of anilines is 2. The van der Waals surface area contributed by atoms with Crippen LogP contribution in [0, 0.1) is 6.92 Å². The van der Waals surface area contributed by atoms with E-state index in [1.807, 2.05) is 18.2 Å². The molecule has 0 amide bonds. The summed E-state index contributed by atoms with van der Waals surface area (Å²) in [5.41, 5.74) is 5.76. The minimum atomic E-state index is 0.498. The van der Waals surface area contributed by atoms with Crippen LogP contribution in [0.25, 0.3) is 0 Å². The first-order chi connectivity index (χ1) is 15.6. The lowest BCUT2D eigenvalue weighted by molar-refractivity contribution is 0.122. The summed E-state index contributed by atoms with van der Waals surface area (Å²) >= 11 is 3.69. The van der Waals surface area contributed by atoms with Crippen molar-refractivity contribution in [1.29, 1.82) is 0 Å². The maximum Gasteiger partial charge on any atom is 0.162 e. The number of hydrogen-bond donors (Lipinski definition) is 1. The lowest BCUT2D eigenvalue weighted by Gasteiger charge is -2.29. The van der Waals surface area contributed by atoms with E-state index in [0.717, 1.165) is 59.1 Å². The number of hydrogen-bond acceptors (Lipinski definition) is 5. The van der Waals surface area contributed by atoms with Crippen molar-refractivity contribution in [2.24, 2.45) is 0 Å². The third-order valence-corrected chi connectivity index (χ3v) is 6.27. The topological polar surface area (TPSA) is 43.0 Å². The third kappa shape index (κ3) is 5.75. The molecule has 0 atom stereocenters. The predicted octanol–water partition coefficient (Wildman–Crippen LogP) is 5.79. The molecule has 0 spiro atoms. The lowest BCUT2D eigenvalue weighted by Crippen LogP contribution is -2.36. The summed E-state index contributed by atoms with van der Waals surface area (Å²) < 4.78 is 18.1. The average Bonchev–Trinajstić information content (AvgIpc) is 2.83.